The van der Waals surface area contributed by atoms with Crippen molar-refractivity contribution >= 4 is 23.4 Å². The molecule has 3 rings (SSSR count). The molecular formula is C29H34N4O4. The summed E-state index contributed by atoms with van der Waals surface area (Å²) in [7, 11) is 0. The van der Waals surface area contributed by atoms with Gasteiger partial charge in [-0.15, -0.1) is 0 Å². The van der Waals surface area contributed by atoms with Gasteiger partial charge in [0.1, 0.15) is 12.6 Å². The molecule has 8 nitrogen and oxygen atoms in total. The predicted molar refractivity (Wildman–Crippen MR) is 140 cm³/mol. The van der Waals surface area contributed by atoms with Gasteiger partial charge in [0.25, 0.3) is 5.91 Å². The Balaban J connectivity index is 1.94. The summed E-state index contributed by atoms with van der Waals surface area (Å²) in [6.45, 7) is 6.97. The number of rotatable bonds is 9. The summed E-state index contributed by atoms with van der Waals surface area (Å²) in [5.41, 5.74) is 1.97. The first-order valence-electron chi connectivity index (χ1n) is 12.5. The number of carbonyl (C=O) groups excluding carboxylic acids is 3. The van der Waals surface area contributed by atoms with E-state index in [0.717, 1.165) is 5.56 Å². The minimum absolute atomic E-state index is 0.176. The Kier molecular flexibility index (Phi) is 9.20. The standard InChI is InChI=1S/C29H34N4O4/c1-19(2)27-29(37)32(24(22-13-9-6-10-14-22)17-33(27)28(36)20(3)4)18-26(35)31-23(25(34)16-30)15-21-11-7-5-8-12-21/h5-14,17,19-20,23,25,27,34H,15,18H2,1-4H3,(H,31,35). The summed E-state index contributed by atoms with van der Waals surface area (Å²) >= 11 is 0. The average molecular weight is 503 g/mol. The van der Waals surface area contributed by atoms with E-state index in [4.69, 9.17) is 0 Å². The molecule has 0 aromatic heterocycles. The number of nitrogens with zero attached hydrogens (tertiary/aromatic N) is 3. The Labute approximate surface area is 218 Å². The fourth-order valence-electron chi connectivity index (χ4n) is 4.38. The van der Waals surface area contributed by atoms with Crippen molar-refractivity contribution in [2.75, 3.05) is 6.54 Å². The van der Waals surface area contributed by atoms with E-state index in [-0.39, 0.29) is 36.6 Å². The highest BCUT2D eigenvalue weighted by molar-refractivity contribution is 6.00. The molecule has 2 aromatic rings. The van der Waals surface area contributed by atoms with Gasteiger partial charge in [-0.3, -0.25) is 19.3 Å². The molecule has 0 bridgehead atoms. The van der Waals surface area contributed by atoms with E-state index in [1.807, 2.05) is 74.5 Å². The number of hydrogen-bond acceptors (Lipinski definition) is 5. The highest BCUT2D eigenvalue weighted by Crippen LogP contribution is 2.30. The van der Waals surface area contributed by atoms with E-state index in [2.05, 4.69) is 5.32 Å². The summed E-state index contributed by atoms with van der Waals surface area (Å²) < 4.78 is 0. The lowest BCUT2D eigenvalue weighted by Gasteiger charge is -2.41. The number of nitrogens with one attached hydrogen (secondary N) is 1. The van der Waals surface area contributed by atoms with Crippen LogP contribution in [0.1, 0.15) is 38.8 Å². The van der Waals surface area contributed by atoms with Gasteiger partial charge in [-0.1, -0.05) is 88.4 Å². The van der Waals surface area contributed by atoms with E-state index in [0.29, 0.717) is 11.3 Å². The summed E-state index contributed by atoms with van der Waals surface area (Å²) in [6.07, 6.45) is 0.484. The first kappa shape index (κ1) is 27.6. The van der Waals surface area contributed by atoms with Gasteiger partial charge in [-0.25, -0.2) is 0 Å². The number of nitriles is 1. The molecule has 0 spiro atoms. The predicted octanol–water partition coefficient (Wildman–Crippen LogP) is 2.95. The van der Waals surface area contributed by atoms with Crippen molar-refractivity contribution in [3.8, 4) is 6.07 Å². The third-order valence-electron chi connectivity index (χ3n) is 6.28. The van der Waals surface area contributed by atoms with Crippen molar-refractivity contribution in [2.45, 2.75) is 52.3 Å². The first-order valence-corrected chi connectivity index (χ1v) is 12.5. The lowest BCUT2D eigenvalue weighted by atomic mass is 9.95. The van der Waals surface area contributed by atoms with Gasteiger partial charge in [0.15, 0.2) is 6.10 Å². The summed E-state index contributed by atoms with van der Waals surface area (Å²) in [4.78, 5) is 43.0. The molecule has 1 aliphatic heterocycles. The third-order valence-corrected chi connectivity index (χ3v) is 6.28. The van der Waals surface area contributed by atoms with Crippen LogP contribution >= 0.6 is 0 Å². The zero-order chi connectivity index (χ0) is 27.1. The molecule has 3 amide bonds. The monoisotopic (exact) mass is 502 g/mol. The fourth-order valence-corrected chi connectivity index (χ4v) is 4.38. The maximum atomic E-state index is 13.8. The number of benzene rings is 2. The zero-order valence-electron chi connectivity index (χ0n) is 21.7. The first-order chi connectivity index (χ1) is 17.6. The van der Waals surface area contributed by atoms with Crippen LogP contribution in [0.4, 0.5) is 0 Å². The zero-order valence-corrected chi connectivity index (χ0v) is 21.7. The van der Waals surface area contributed by atoms with Crippen molar-refractivity contribution in [2.24, 2.45) is 11.8 Å². The Morgan fingerprint density at radius 2 is 1.62 bits per heavy atom. The van der Waals surface area contributed by atoms with Crippen molar-refractivity contribution in [1.29, 1.82) is 5.26 Å². The Morgan fingerprint density at radius 1 is 1.03 bits per heavy atom. The summed E-state index contributed by atoms with van der Waals surface area (Å²) in [6, 6.07) is 18.5. The molecule has 37 heavy (non-hydrogen) atoms. The van der Waals surface area contributed by atoms with Crippen LogP contribution in [-0.4, -0.2) is 57.4 Å². The second-order valence-electron chi connectivity index (χ2n) is 9.83. The van der Waals surface area contributed by atoms with E-state index in [9.17, 15) is 24.8 Å². The summed E-state index contributed by atoms with van der Waals surface area (Å²) in [5, 5.41) is 22.3. The highest BCUT2D eigenvalue weighted by Gasteiger charge is 2.41. The Bertz CT molecular complexity index is 1170. The van der Waals surface area contributed by atoms with Crippen LogP contribution in [-0.2, 0) is 20.8 Å². The number of hydrogen-bond donors (Lipinski definition) is 2. The minimum atomic E-state index is -1.42. The topological polar surface area (TPSA) is 114 Å². The molecular weight excluding hydrogens is 468 g/mol. The molecule has 1 aliphatic rings. The Morgan fingerprint density at radius 3 is 2.16 bits per heavy atom. The average Bonchev–Trinajstić information content (AvgIpc) is 2.89. The summed E-state index contributed by atoms with van der Waals surface area (Å²) in [5.74, 6) is -1.56. The maximum absolute atomic E-state index is 13.8. The van der Waals surface area contributed by atoms with Gasteiger partial charge in [0.2, 0.25) is 11.8 Å². The normalized spacial score (nSPS) is 17.3. The lowest BCUT2D eigenvalue weighted by molar-refractivity contribution is -0.147. The van der Waals surface area contributed by atoms with Crippen LogP contribution in [0.15, 0.2) is 66.9 Å². The van der Waals surface area contributed by atoms with Gasteiger partial charge in [-0.2, -0.15) is 5.26 Å². The van der Waals surface area contributed by atoms with Crippen molar-refractivity contribution < 1.29 is 19.5 Å². The molecule has 2 aromatic carbocycles. The van der Waals surface area contributed by atoms with Gasteiger partial charge >= 0.3 is 0 Å². The van der Waals surface area contributed by atoms with Crippen LogP contribution in [0.2, 0.25) is 0 Å². The molecule has 194 valence electrons. The second kappa shape index (κ2) is 12.3. The third kappa shape index (κ3) is 6.63. The van der Waals surface area contributed by atoms with Gasteiger partial charge in [-0.05, 0) is 23.5 Å². The molecule has 0 fully saturated rings. The second-order valence-corrected chi connectivity index (χ2v) is 9.83. The molecule has 0 aliphatic carbocycles. The Hall–Kier alpha value is -3.96. The number of aliphatic hydroxyl groups is 1. The van der Waals surface area contributed by atoms with Crippen molar-refractivity contribution in [3.63, 3.8) is 0 Å². The van der Waals surface area contributed by atoms with Crippen LogP contribution < -0.4 is 5.32 Å². The van der Waals surface area contributed by atoms with Gasteiger partial charge in [0.05, 0.1) is 17.8 Å². The number of carbonyl (C=O) groups is 3. The largest absolute Gasteiger partial charge is 0.376 e. The van der Waals surface area contributed by atoms with E-state index in [1.54, 1.807) is 26.1 Å². The maximum Gasteiger partial charge on any atom is 0.250 e. The van der Waals surface area contributed by atoms with Gasteiger partial charge in [0, 0.05) is 12.1 Å². The van der Waals surface area contributed by atoms with Crippen LogP contribution in [0.5, 0.6) is 0 Å². The van der Waals surface area contributed by atoms with E-state index >= 15 is 0 Å². The molecule has 0 saturated carbocycles. The molecule has 0 saturated heterocycles. The van der Waals surface area contributed by atoms with Crippen LogP contribution in [0.25, 0.3) is 5.70 Å². The quantitative estimate of drug-likeness (QED) is 0.512. The minimum Gasteiger partial charge on any atom is -0.376 e. The SMILES string of the molecule is CC(C)C(=O)N1C=C(c2ccccc2)N(CC(=O)NC(Cc2ccccc2)C(O)C#N)C(=O)C1C(C)C. The molecule has 3 atom stereocenters. The van der Waals surface area contributed by atoms with Crippen molar-refractivity contribution in [3.05, 3.63) is 78.0 Å². The fraction of sp³-hybridized carbons (Fsp3) is 0.379. The molecule has 0 radical (unpaired) electrons. The van der Waals surface area contributed by atoms with Crippen LogP contribution in [0, 0.1) is 23.2 Å². The van der Waals surface area contributed by atoms with Crippen LogP contribution in [0.3, 0.4) is 0 Å². The molecule has 8 heteroatoms. The lowest BCUT2D eigenvalue weighted by Crippen LogP contribution is -2.57. The van der Waals surface area contributed by atoms with Gasteiger partial charge < -0.3 is 15.3 Å². The molecule has 2 N–H and O–H groups in total. The highest BCUT2D eigenvalue weighted by atomic mass is 16.3. The smallest absolute Gasteiger partial charge is 0.250 e. The van der Waals surface area contributed by atoms with E-state index in [1.165, 1.54) is 9.80 Å². The van der Waals surface area contributed by atoms with E-state index < -0.39 is 24.1 Å². The number of aliphatic hydroxyl groups excluding tert-OH is 1. The number of amides is 3. The van der Waals surface area contributed by atoms with Crippen molar-refractivity contribution in [1.82, 2.24) is 15.1 Å². The molecule has 3 unspecified atom stereocenters. The molecule has 1 heterocycles.